The summed E-state index contributed by atoms with van der Waals surface area (Å²) in [7, 11) is 0. The molecule has 1 atom stereocenters. The molecule has 0 N–H and O–H groups in total. The molecular formula is C26H25N3. The minimum atomic E-state index is 0.815. The van der Waals surface area contributed by atoms with E-state index in [0.717, 1.165) is 46.0 Å². The first-order valence-electron chi connectivity index (χ1n) is 10.4. The fraction of sp³-hybridized carbons (Fsp3) is 0.231. The first kappa shape index (κ1) is 18.0. The van der Waals surface area contributed by atoms with Gasteiger partial charge in [0.05, 0.1) is 22.4 Å². The van der Waals surface area contributed by atoms with Crippen LogP contribution in [0.5, 0.6) is 0 Å². The van der Waals surface area contributed by atoms with Crippen molar-refractivity contribution in [3.8, 4) is 22.5 Å². The maximum absolute atomic E-state index is 4.99. The van der Waals surface area contributed by atoms with Gasteiger partial charge in [-0.3, -0.25) is 4.90 Å². The van der Waals surface area contributed by atoms with Crippen LogP contribution in [0.3, 0.4) is 0 Å². The van der Waals surface area contributed by atoms with Crippen LogP contribution in [-0.4, -0.2) is 28.0 Å². The van der Waals surface area contributed by atoms with Gasteiger partial charge in [-0.1, -0.05) is 73.7 Å². The maximum atomic E-state index is 4.99. The van der Waals surface area contributed by atoms with Crippen molar-refractivity contribution in [3.05, 3.63) is 84.4 Å². The summed E-state index contributed by atoms with van der Waals surface area (Å²) in [4.78, 5) is 12.5. The summed E-state index contributed by atoms with van der Waals surface area (Å²) >= 11 is 0. The van der Waals surface area contributed by atoms with E-state index in [9.17, 15) is 0 Å². The van der Waals surface area contributed by atoms with Crippen molar-refractivity contribution in [3.63, 3.8) is 0 Å². The fourth-order valence-corrected chi connectivity index (χ4v) is 4.19. The zero-order chi connectivity index (χ0) is 19.6. The van der Waals surface area contributed by atoms with Gasteiger partial charge in [-0.15, -0.1) is 0 Å². The van der Waals surface area contributed by atoms with Gasteiger partial charge in [0.1, 0.15) is 0 Å². The molecule has 0 radical (unpaired) electrons. The smallest absolute Gasteiger partial charge is 0.0973 e. The normalized spacial score (nSPS) is 17.1. The molecule has 1 saturated heterocycles. The summed E-state index contributed by atoms with van der Waals surface area (Å²) in [5.41, 5.74) is 7.29. The van der Waals surface area contributed by atoms with Gasteiger partial charge in [0.2, 0.25) is 0 Å². The molecule has 4 aromatic rings. The van der Waals surface area contributed by atoms with Gasteiger partial charge in [-0.2, -0.15) is 0 Å². The molecule has 1 fully saturated rings. The van der Waals surface area contributed by atoms with Crippen LogP contribution in [0.15, 0.2) is 78.9 Å². The Hall–Kier alpha value is -3.04. The Morgan fingerprint density at radius 1 is 0.759 bits per heavy atom. The van der Waals surface area contributed by atoms with Crippen LogP contribution in [-0.2, 0) is 6.54 Å². The SMILES string of the molecule is C[C@@H]1CCN(Cc2ccc(-c3nc4ccccc4nc3-c3ccccc3)cc2)C1. The topological polar surface area (TPSA) is 29.0 Å². The van der Waals surface area contributed by atoms with Gasteiger partial charge >= 0.3 is 0 Å². The molecule has 1 aliphatic heterocycles. The number of benzene rings is 3. The molecule has 1 aromatic heterocycles. The largest absolute Gasteiger partial charge is 0.299 e. The van der Waals surface area contributed by atoms with Gasteiger partial charge in [-0.05, 0) is 36.6 Å². The molecule has 3 heteroatoms. The summed E-state index contributed by atoms with van der Waals surface area (Å²) in [6.45, 7) is 5.78. The lowest BCUT2D eigenvalue weighted by Crippen LogP contribution is -2.19. The minimum Gasteiger partial charge on any atom is -0.299 e. The molecular weight excluding hydrogens is 354 g/mol. The Bertz CT molecular complexity index is 1120. The van der Waals surface area contributed by atoms with Gasteiger partial charge < -0.3 is 0 Å². The molecule has 0 saturated carbocycles. The third kappa shape index (κ3) is 3.79. The number of hydrogen-bond acceptors (Lipinski definition) is 3. The third-order valence-corrected chi connectivity index (χ3v) is 5.76. The lowest BCUT2D eigenvalue weighted by Gasteiger charge is -2.16. The molecule has 0 bridgehead atoms. The Morgan fingerprint density at radius 2 is 1.34 bits per heavy atom. The molecule has 2 heterocycles. The van der Waals surface area contributed by atoms with E-state index in [0.29, 0.717) is 0 Å². The zero-order valence-electron chi connectivity index (χ0n) is 16.8. The molecule has 0 amide bonds. The first-order valence-corrected chi connectivity index (χ1v) is 10.4. The second-order valence-corrected chi connectivity index (χ2v) is 8.10. The summed E-state index contributed by atoms with van der Waals surface area (Å²) < 4.78 is 0. The van der Waals surface area contributed by atoms with Gasteiger partial charge in [0.15, 0.2) is 0 Å². The first-order chi connectivity index (χ1) is 14.3. The van der Waals surface area contributed by atoms with Crippen molar-refractivity contribution in [2.45, 2.75) is 19.9 Å². The van der Waals surface area contributed by atoms with Crippen molar-refractivity contribution in [2.24, 2.45) is 5.92 Å². The number of fused-ring (bicyclic) bond motifs is 1. The number of hydrogen-bond donors (Lipinski definition) is 0. The van der Waals surface area contributed by atoms with Crippen molar-refractivity contribution in [1.29, 1.82) is 0 Å². The molecule has 0 aliphatic carbocycles. The van der Waals surface area contributed by atoms with E-state index < -0.39 is 0 Å². The van der Waals surface area contributed by atoms with Crippen LogP contribution in [0.2, 0.25) is 0 Å². The Kier molecular flexibility index (Phi) is 4.82. The number of para-hydroxylation sites is 2. The third-order valence-electron chi connectivity index (χ3n) is 5.76. The number of nitrogens with zero attached hydrogens (tertiary/aromatic N) is 3. The molecule has 144 valence electrons. The summed E-state index contributed by atoms with van der Waals surface area (Å²) in [6.07, 6.45) is 1.31. The highest BCUT2D eigenvalue weighted by molar-refractivity contribution is 5.86. The minimum absolute atomic E-state index is 0.815. The summed E-state index contributed by atoms with van der Waals surface area (Å²) in [5.74, 6) is 0.815. The van der Waals surface area contributed by atoms with Gasteiger partial charge in [0, 0.05) is 24.2 Å². The molecule has 29 heavy (non-hydrogen) atoms. The number of aromatic nitrogens is 2. The standard InChI is InChI=1S/C26H25N3/c1-19-15-16-29(17-19)18-20-11-13-22(14-12-20)26-25(21-7-3-2-4-8-21)27-23-9-5-6-10-24(23)28-26/h2-14,19H,15-18H2,1H3/t19-/m1/s1. The quantitative estimate of drug-likeness (QED) is 0.448. The van der Waals surface area contributed by atoms with Crippen LogP contribution >= 0.6 is 0 Å². The highest BCUT2D eigenvalue weighted by atomic mass is 15.1. The maximum Gasteiger partial charge on any atom is 0.0973 e. The Balaban J connectivity index is 1.53. The van der Waals surface area contributed by atoms with Crippen LogP contribution in [0.4, 0.5) is 0 Å². The van der Waals surface area contributed by atoms with E-state index >= 15 is 0 Å². The molecule has 0 unspecified atom stereocenters. The van der Waals surface area contributed by atoms with Crippen LogP contribution in [0.25, 0.3) is 33.5 Å². The van der Waals surface area contributed by atoms with E-state index in [-0.39, 0.29) is 0 Å². The van der Waals surface area contributed by atoms with Crippen LogP contribution < -0.4 is 0 Å². The highest BCUT2D eigenvalue weighted by Gasteiger charge is 2.18. The predicted octanol–water partition coefficient (Wildman–Crippen LogP) is 5.81. The van der Waals surface area contributed by atoms with E-state index in [4.69, 9.17) is 9.97 Å². The molecule has 1 aliphatic rings. The molecule has 3 aromatic carbocycles. The predicted molar refractivity (Wildman–Crippen MR) is 119 cm³/mol. The van der Waals surface area contributed by atoms with Gasteiger partial charge in [-0.25, -0.2) is 9.97 Å². The van der Waals surface area contributed by atoms with Crippen LogP contribution in [0, 0.1) is 5.92 Å². The van der Waals surface area contributed by atoms with E-state index in [1.165, 1.54) is 25.1 Å². The van der Waals surface area contributed by atoms with Crippen LogP contribution in [0.1, 0.15) is 18.9 Å². The van der Waals surface area contributed by atoms with Crippen molar-refractivity contribution in [1.82, 2.24) is 14.9 Å². The lowest BCUT2D eigenvalue weighted by atomic mass is 10.0. The van der Waals surface area contributed by atoms with Gasteiger partial charge in [0.25, 0.3) is 0 Å². The average Bonchev–Trinajstić information content (AvgIpc) is 3.18. The van der Waals surface area contributed by atoms with E-state index in [2.05, 4.69) is 60.4 Å². The fourth-order valence-electron chi connectivity index (χ4n) is 4.19. The summed E-state index contributed by atoms with van der Waals surface area (Å²) in [5, 5.41) is 0. The second-order valence-electron chi connectivity index (χ2n) is 8.10. The van der Waals surface area contributed by atoms with Crippen molar-refractivity contribution < 1.29 is 0 Å². The summed E-state index contributed by atoms with van der Waals surface area (Å²) in [6, 6.07) is 27.3. The van der Waals surface area contributed by atoms with Crippen molar-refractivity contribution >= 4 is 11.0 Å². The molecule has 0 spiro atoms. The zero-order valence-corrected chi connectivity index (χ0v) is 16.8. The molecule has 3 nitrogen and oxygen atoms in total. The second kappa shape index (κ2) is 7.76. The highest BCUT2D eigenvalue weighted by Crippen LogP contribution is 2.31. The average molecular weight is 380 g/mol. The van der Waals surface area contributed by atoms with E-state index in [1.807, 2.05) is 30.3 Å². The lowest BCUT2D eigenvalue weighted by molar-refractivity contribution is 0.320. The van der Waals surface area contributed by atoms with E-state index in [1.54, 1.807) is 0 Å². The monoisotopic (exact) mass is 379 g/mol. The Labute approximate surface area is 172 Å². The number of rotatable bonds is 4. The van der Waals surface area contributed by atoms with Crippen molar-refractivity contribution in [2.75, 3.05) is 13.1 Å². The number of likely N-dealkylation sites (tertiary alicyclic amines) is 1. The Morgan fingerprint density at radius 3 is 1.93 bits per heavy atom. The molecule has 5 rings (SSSR count).